The average Bonchev–Trinajstić information content (AvgIpc) is 2.89. The highest BCUT2D eigenvalue weighted by Crippen LogP contribution is 2.35. The number of nitrogens with zero attached hydrogens (tertiary/aromatic N) is 4. The van der Waals surface area contributed by atoms with Gasteiger partial charge in [-0.2, -0.15) is 0 Å². The molecule has 5 heteroatoms. The lowest BCUT2D eigenvalue weighted by molar-refractivity contribution is 0.307. The van der Waals surface area contributed by atoms with Gasteiger partial charge in [0.25, 0.3) is 0 Å². The maximum Gasteiger partial charge on any atom is 0.115 e. The lowest BCUT2D eigenvalue weighted by Crippen LogP contribution is -2.28. The Kier molecular flexibility index (Phi) is 4.02. The van der Waals surface area contributed by atoms with E-state index >= 15 is 0 Å². The summed E-state index contributed by atoms with van der Waals surface area (Å²) in [6.07, 6.45) is 7.40. The monoisotopic (exact) mass is 340 g/mol. The number of halogens is 1. The molecule has 0 saturated heterocycles. The maximum atomic E-state index is 6.28. The van der Waals surface area contributed by atoms with Crippen LogP contribution in [0.1, 0.15) is 29.8 Å². The standard InChI is InChI=1S/C19H21ClN4/c1-13(7-14-9-21-12-22-10-14)24-18-4-3-15(20)8-16(18)17-11-23(2)6-5-19(17)24/h3-4,8-10,12-13H,5-7,11H2,1-2H3. The number of hydrogen-bond donors (Lipinski definition) is 0. The van der Waals surface area contributed by atoms with Crippen LogP contribution < -0.4 is 0 Å². The summed E-state index contributed by atoms with van der Waals surface area (Å²) in [6, 6.07) is 6.62. The van der Waals surface area contributed by atoms with Gasteiger partial charge in [0, 0.05) is 59.6 Å². The van der Waals surface area contributed by atoms with Crippen LogP contribution in [0, 0.1) is 0 Å². The first-order valence-electron chi connectivity index (χ1n) is 8.37. The highest BCUT2D eigenvalue weighted by atomic mass is 35.5. The molecule has 24 heavy (non-hydrogen) atoms. The second-order valence-corrected chi connectivity index (χ2v) is 7.18. The number of fused-ring (bicyclic) bond motifs is 3. The van der Waals surface area contributed by atoms with E-state index in [0.29, 0.717) is 6.04 Å². The van der Waals surface area contributed by atoms with E-state index in [1.54, 1.807) is 6.33 Å². The molecule has 1 aromatic carbocycles. The number of rotatable bonds is 3. The van der Waals surface area contributed by atoms with E-state index in [4.69, 9.17) is 11.6 Å². The van der Waals surface area contributed by atoms with E-state index in [1.807, 2.05) is 18.5 Å². The third-order valence-electron chi connectivity index (χ3n) is 4.93. The Morgan fingerprint density at radius 2 is 2.04 bits per heavy atom. The summed E-state index contributed by atoms with van der Waals surface area (Å²) in [6.45, 7) is 4.36. The predicted molar refractivity (Wildman–Crippen MR) is 97.4 cm³/mol. The molecule has 1 aliphatic rings. The van der Waals surface area contributed by atoms with E-state index in [9.17, 15) is 0 Å². The summed E-state index contributed by atoms with van der Waals surface area (Å²) in [4.78, 5) is 10.7. The van der Waals surface area contributed by atoms with Crippen LogP contribution in [-0.2, 0) is 19.4 Å². The lowest BCUT2D eigenvalue weighted by Gasteiger charge is -2.26. The molecule has 1 atom stereocenters. The first-order chi connectivity index (χ1) is 11.6. The highest BCUT2D eigenvalue weighted by Gasteiger charge is 2.24. The van der Waals surface area contributed by atoms with Crippen LogP contribution in [0.15, 0.2) is 36.9 Å². The number of aromatic nitrogens is 3. The normalized spacial score (nSPS) is 16.3. The summed E-state index contributed by atoms with van der Waals surface area (Å²) in [7, 11) is 2.18. The van der Waals surface area contributed by atoms with Gasteiger partial charge in [-0.25, -0.2) is 9.97 Å². The van der Waals surface area contributed by atoms with Crippen LogP contribution in [0.5, 0.6) is 0 Å². The van der Waals surface area contributed by atoms with E-state index in [1.165, 1.54) is 27.7 Å². The average molecular weight is 341 g/mol. The van der Waals surface area contributed by atoms with Crippen LogP contribution in [0.2, 0.25) is 5.02 Å². The Morgan fingerprint density at radius 1 is 1.25 bits per heavy atom. The predicted octanol–water partition coefficient (Wildman–Crippen LogP) is 3.88. The summed E-state index contributed by atoms with van der Waals surface area (Å²) >= 11 is 6.28. The van der Waals surface area contributed by atoms with Crippen LogP contribution in [0.25, 0.3) is 10.9 Å². The minimum atomic E-state index is 0.354. The summed E-state index contributed by atoms with van der Waals surface area (Å²) in [5.74, 6) is 0. The van der Waals surface area contributed by atoms with Crippen LogP contribution in [0.4, 0.5) is 0 Å². The van der Waals surface area contributed by atoms with Crippen molar-refractivity contribution in [3.8, 4) is 0 Å². The van der Waals surface area contributed by atoms with Gasteiger partial charge in [0.2, 0.25) is 0 Å². The zero-order chi connectivity index (χ0) is 16.7. The van der Waals surface area contributed by atoms with E-state index in [-0.39, 0.29) is 0 Å². The highest BCUT2D eigenvalue weighted by molar-refractivity contribution is 6.31. The molecule has 0 fully saturated rings. The first-order valence-corrected chi connectivity index (χ1v) is 8.75. The molecule has 124 valence electrons. The Hall–Kier alpha value is -1.91. The Balaban J connectivity index is 1.82. The topological polar surface area (TPSA) is 34.0 Å². The Bertz CT molecular complexity index is 872. The zero-order valence-corrected chi connectivity index (χ0v) is 14.8. The van der Waals surface area contributed by atoms with E-state index < -0.39 is 0 Å². The fourth-order valence-electron chi connectivity index (χ4n) is 3.87. The number of likely N-dealkylation sites (N-methyl/N-ethyl adjacent to an activating group) is 1. The molecule has 0 radical (unpaired) electrons. The first kappa shape index (κ1) is 15.6. The Labute approximate surface area is 147 Å². The van der Waals surface area contributed by atoms with Crippen LogP contribution >= 0.6 is 11.6 Å². The van der Waals surface area contributed by atoms with Gasteiger partial charge in [-0.3, -0.25) is 0 Å². The van der Waals surface area contributed by atoms with Crippen molar-refractivity contribution in [3.05, 3.63) is 58.8 Å². The van der Waals surface area contributed by atoms with Gasteiger partial charge < -0.3 is 9.47 Å². The van der Waals surface area contributed by atoms with Gasteiger partial charge in [0.05, 0.1) is 0 Å². The summed E-state index contributed by atoms with van der Waals surface area (Å²) in [5.41, 5.74) is 5.33. The molecule has 0 saturated carbocycles. The van der Waals surface area contributed by atoms with Gasteiger partial charge in [0.1, 0.15) is 6.33 Å². The van der Waals surface area contributed by atoms with Crippen molar-refractivity contribution in [2.45, 2.75) is 32.4 Å². The smallest absolute Gasteiger partial charge is 0.115 e. The van der Waals surface area contributed by atoms with Crippen LogP contribution in [-0.4, -0.2) is 33.0 Å². The van der Waals surface area contributed by atoms with Crippen molar-refractivity contribution in [1.82, 2.24) is 19.4 Å². The summed E-state index contributed by atoms with van der Waals surface area (Å²) in [5, 5.41) is 2.10. The fourth-order valence-corrected chi connectivity index (χ4v) is 4.04. The quantitative estimate of drug-likeness (QED) is 0.725. The second-order valence-electron chi connectivity index (χ2n) is 6.74. The van der Waals surface area contributed by atoms with Gasteiger partial charge >= 0.3 is 0 Å². The van der Waals surface area contributed by atoms with Gasteiger partial charge in [-0.1, -0.05) is 11.6 Å². The molecule has 2 aromatic heterocycles. The third kappa shape index (κ3) is 2.70. The van der Waals surface area contributed by atoms with Crippen molar-refractivity contribution in [2.24, 2.45) is 0 Å². The molecule has 0 amide bonds. The second kappa shape index (κ2) is 6.19. The molecule has 0 aliphatic carbocycles. The van der Waals surface area contributed by atoms with Gasteiger partial charge in [-0.05, 0) is 49.7 Å². The molecular weight excluding hydrogens is 320 g/mol. The third-order valence-corrected chi connectivity index (χ3v) is 5.16. The van der Waals surface area contributed by atoms with Crippen molar-refractivity contribution < 1.29 is 0 Å². The minimum Gasteiger partial charge on any atom is -0.341 e. The fraction of sp³-hybridized carbons (Fsp3) is 0.368. The van der Waals surface area contributed by atoms with Crippen molar-refractivity contribution in [1.29, 1.82) is 0 Å². The van der Waals surface area contributed by atoms with E-state index in [0.717, 1.165) is 31.0 Å². The zero-order valence-electron chi connectivity index (χ0n) is 14.0. The molecular formula is C19H21ClN4. The Morgan fingerprint density at radius 3 is 2.83 bits per heavy atom. The number of benzene rings is 1. The van der Waals surface area contributed by atoms with Crippen molar-refractivity contribution >= 4 is 22.5 Å². The lowest BCUT2D eigenvalue weighted by atomic mass is 10.0. The molecule has 4 rings (SSSR count). The van der Waals surface area contributed by atoms with Crippen LogP contribution in [0.3, 0.4) is 0 Å². The molecule has 0 N–H and O–H groups in total. The molecule has 4 nitrogen and oxygen atoms in total. The molecule has 3 aromatic rings. The summed E-state index contributed by atoms with van der Waals surface area (Å²) < 4.78 is 2.50. The minimum absolute atomic E-state index is 0.354. The van der Waals surface area contributed by atoms with E-state index in [2.05, 4.69) is 45.5 Å². The van der Waals surface area contributed by atoms with Gasteiger partial charge in [0.15, 0.2) is 0 Å². The number of hydrogen-bond acceptors (Lipinski definition) is 3. The van der Waals surface area contributed by atoms with Crippen molar-refractivity contribution in [3.63, 3.8) is 0 Å². The molecule has 3 heterocycles. The SMILES string of the molecule is CC(Cc1cncnc1)n1c2c(c3cc(Cl)ccc31)CN(C)CC2. The molecule has 0 bridgehead atoms. The van der Waals surface area contributed by atoms with Crippen molar-refractivity contribution in [2.75, 3.05) is 13.6 Å². The van der Waals surface area contributed by atoms with Gasteiger partial charge in [-0.15, -0.1) is 0 Å². The largest absolute Gasteiger partial charge is 0.341 e. The molecule has 0 spiro atoms. The molecule has 1 unspecified atom stereocenters. The molecule has 1 aliphatic heterocycles. The maximum absolute atomic E-state index is 6.28.